The summed E-state index contributed by atoms with van der Waals surface area (Å²) in [5, 5.41) is 22.5. The highest BCUT2D eigenvalue weighted by atomic mass is 16.6. The van der Waals surface area contributed by atoms with Gasteiger partial charge in [0.15, 0.2) is 18.2 Å². The largest absolute Gasteiger partial charge is 0.504 e. The minimum atomic E-state index is -0.692. The van der Waals surface area contributed by atoms with Crippen LogP contribution in [-0.2, 0) is 4.79 Å². The highest BCUT2D eigenvalue weighted by molar-refractivity contribution is 5.92. The molecule has 120 valence electrons. The minimum absolute atomic E-state index is 0.161. The van der Waals surface area contributed by atoms with E-state index in [4.69, 9.17) is 4.74 Å². The summed E-state index contributed by atoms with van der Waals surface area (Å²) in [4.78, 5) is 25.4. The van der Waals surface area contributed by atoms with Crippen molar-refractivity contribution in [1.82, 2.24) is 4.98 Å². The fourth-order valence-corrected chi connectivity index (χ4v) is 1.97. The number of hydrogen-bond donors (Lipinski definition) is 2. The fraction of sp³-hybridized carbons (Fsp3) is 0.200. The number of benzene rings is 1. The van der Waals surface area contributed by atoms with Crippen LogP contribution in [0.5, 0.6) is 11.5 Å². The van der Waals surface area contributed by atoms with Crippen molar-refractivity contribution < 1.29 is 19.6 Å². The van der Waals surface area contributed by atoms with Gasteiger partial charge in [0.2, 0.25) is 0 Å². The van der Waals surface area contributed by atoms with Gasteiger partial charge < -0.3 is 15.2 Å². The molecule has 0 atom stereocenters. The maximum atomic E-state index is 11.9. The first-order valence-electron chi connectivity index (χ1n) is 6.70. The first-order chi connectivity index (χ1) is 10.9. The van der Waals surface area contributed by atoms with Gasteiger partial charge in [-0.25, -0.2) is 4.98 Å². The van der Waals surface area contributed by atoms with Gasteiger partial charge in [-0.3, -0.25) is 14.9 Å². The van der Waals surface area contributed by atoms with Crippen LogP contribution in [0.25, 0.3) is 0 Å². The third-order valence-corrected chi connectivity index (χ3v) is 3.08. The molecule has 2 N–H and O–H groups in total. The van der Waals surface area contributed by atoms with Gasteiger partial charge in [0.1, 0.15) is 11.9 Å². The van der Waals surface area contributed by atoms with Crippen molar-refractivity contribution in [2.75, 3.05) is 11.9 Å². The van der Waals surface area contributed by atoms with E-state index >= 15 is 0 Å². The van der Waals surface area contributed by atoms with E-state index < -0.39 is 16.6 Å². The Balaban J connectivity index is 2.01. The van der Waals surface area contributed by atoms with Gasteiger partial charge in [-0.15, -0.1) is 0 Å². The van der Waals surface area contributed by atoms with Gasteiger partial charge in [-0.2, -0.15) is 0 Å². The van der Waals surface area contributed by atoms with Crippen molar-refractivity contribution in [3.8, 4) is 11.5 Å². The molecule has 0 saturated heterocycles. The van der Waals surface area contributed by atoms with Crippen molar-refractivity contribution in [3.05, 3.63) is 51.7 Å². The molecule has 0 bridgehead atoms. The number of carbonyl (C=O) groups excluding carboxylic acids is 1. The molecule has 1 amide bonds. The first kappa shape index (κ1) is 16.2. The van der Waals surface area contributed by atoms with E-state index in [1.807, 2.05) is 32.0 Å². The molecule has 1 heterocycles. The normalized spacial score (nSPS) is 10.2. The number of aromatic nitrogens is 1. The monoisotopic (exact) mass is 317 g/mol. The molecule has 2 aromatic rings. The Labute approximate surface area is 131 Å². The van der Waals surface area contributed by atoms with E-state index in [1.165, 1.54) is 0 Å². The van der Waals surface area contributed by atoms with Crippen molar-refractivity contribution in [2.45, 2.75) is 13.8 Å². The van der Waals surface area contributed by atoms with E-state index in [0.29, 0.717) is 5.75 Å². The number of ether oxygens (including phenoxy) is 1. The zero-order chi connectivity index (χ0) is 17.0. The molecule has 0 spiro atoms. The van der Waals surface area contributed by atoms with Gasteiger partial charge in [0.25, 0.3) is 11.6 Å². The zero-order valence-corrected chi connectivity index (χ0v) is 12.6. The lowest BCUT2D eigenvalue weighted by molar-refractivity contribution is -0.385. The third-order valence-electron chi connectivity index (χ3n) is 3.08. The molecule has 0 saturated carbocycles. The van der Waals surface area contributed by atoms with Crippen molar-refractivity contribution in [1.29, 1.82) is 0 Å². The average molecular weight is 317 g/mol. The topological polar surface area (TPSA) is 115 Å². The fourth-order valence-electron chi connectivity index (χ4n) is 1.97. The number of nitro groups is 1. The van der Waals surface area contributed by atoms with Gasteiger partial charge >= 0.3 is 0 Å². The standard InChI is InChI=1S/C15H15N3O5/c1-9-4-3-5-10(2)14(9)23-8-13(20)17-15-12(19)6-11(7-16-15)18(21)22/h3-7,19H,8H2,1-2H3,(H,16,17,20). The second-order valence-corrected chi connectivity index (χ2v) is 4.88. The second kappa shape index (κ2) is 6.73. The Kier molecular flexibility index (Phi) is 4.75. The van der Waals surface area contributed by atoms with E-state index in [0.717, 1.165) is 23.4 Å². The van der Waals surface area contributed by atoms with Crippen LogP contribution in [-0.4, -0.2) is 27.5 Å². The average Bonchev–Trinajstić information content (AvgIpc) is 2.48. The Hall–Kier alpha value is -3.16. The molecule has 1 aromatic heterocycles. The SMILES string of the molecule is Cc1cccc(C)c1OCC(=O)Nc1ncc([N+](=O)[O-])cc1O. The maximum Gasteiger partial charge on any atom is 0.291 e. The summed E-state index contributed by atoms with van der Waals surface area (Å²) >= 11 is 0. The molecule has 0 aliphatic rings. The summed E-state index contributed by atoms with van der Waals surface area (Å²) in [6.45, 7) is 3.46. The lowest BCUT2D eigenvalue weighted by atomic mass is 10.1. The molecule has 0 unspecified atom stereocenters. The predicted octanol–water partition coefficient (Wildman–Crippen LogP) is 2.33. The molecule has 1 aromatic carbocycles. The van der Waals surface area contributed by atoms with Crippen molar-refractivity contribution in [2.24, 2.45) is 0 Å². The minimum Gasteiger partial charge on any atom is -0.504 e. The molecule has 8 nitrogen and oxygen atoms in total. The number of amides is 1. The number of para-hydroxylation sites is 1. The Morgan fingerprint density at radius 3 is 2.61 bits per heavy atom. The lowest BCUT2D eigenvalue weighted by Crippen LogP contribution is -2.21. The maximum absolute atomic E-state index is 11.9. The number of aromatic hydroxyl groups is 1. The van der Waals surface area contributed by atoms with Crippen LogP contribution in [0.2, 0.25) is 0 Å². The van der Waals surface area contributed by atoms with Gasteiger partial charge in [0, 0.05) is 0 Å². The molecule has 2 rings (SSSR count). The van der Waals surface area contributed by atoms with Crippen LogP contribution in [0, 0.1) is 24.0 Å². The number of nitrogens with one attached hydrogen (secondary N) is 1. The Morgan fingerprint density at radius 1 is 1.39 bits per heavy atom. The van der Waals surface area contributed by atoms with E-state index in [1.54, 1.807) is 0 Å². The molecule has 0 radical (unpaired) electrons. The molecule has 8 heteroatoms. The summed E-state index contributed by atoms with van der Waals surface area (Å²) in [5.74, 6) is -0.571. The van der Waals surface area contributed by atoms with Crippen LogP contribution in [0.3, 0.4) is 0 Å². The van der Waals surface area contributed by atoms with E-state index in [9.17, 15) is 20.0 Å². The van der Waals surface area contributed by atoms with E-state index in [2.05, 4.69) is 10.3 Å². The highest BCUT2D eigenvalue weighted by Crippen LogP contribution is 2.25. The van der Waals surface area contributed by atoms with Crippen molar-refractivity contribution >= 4 is 17.4 Å². The van der Waals surface area contributed by atoms with Crippen molar-refractivity contribution in [3.63, 3.8) is 0 Å². The van der Waals surface area contributed by atoms with Crippen LogP contribution in [0.15, 0.2) is 30.5 Å². The molecule has 0 aliphatic heterocycles. The number of nitrogens with zero attached hydrogens (tertiary/aromatic N) is 2. The number of pyridine rings is 1. The van der Waals surface area contributed by atoms with E-state index in [-0.39, 0.29) is 18.1 Å². The molecular weight excluding hydrogens is 302 g/mol. The third kappa shape index (κ3) is 3.94. The Bertz CT molecular complexity index is 741. The second-order valence-electron chi connectivity index (χ2n) is 4.88. The summed E-state index contributed by atoms with van der Waals surface area (Å²) in [7, 11) is 0. The molecule has 23 heavy (non-hydrogen) atoms. The zero-order valence-electron chi connectivity index (χ0n) is 12.6. The van der Waals surface area contributed by atoms with Gasteiger partial charge in [-0.05, 0) is 25.0 Å². The quantitative estimate of drug-likeness (QED) is 0.646. The number of carbonyl (C=O) groups is 1. The first-order valence-corrected chi connectivity index (χ1v) is 6.70. The van der Waals surface area contributed by atoms with Crippen LogP contribution >= 0.6 is 0 Å². The van der Waals surface area contributed by atoms with Crippen LogP contribution < -0.4 is 10.1 Å². The number of aryl methyl sites for hydroxylation is 2. The summed E-state index contributed by atoms with van der Waals surface area (Å²) in [6, 6.07) is 6.53. The van der Waals surface area contributed by atoms with Gasteiger partial charge in [0.05, 0.1) is 11.0 Å². The van der Waals surface area contributed by atoms with Crippen LogP contribution in [0.1, 0.15) is 11.1 Å². The smallest absolute Gasteiger partial charge is 0.291 e. The van der Waals surface area contributed by atoms with Gasteiger partial charge in [-0.1, -0.05) is 18.2 Å². The molecule has 0 aliphatic carbocycles. The summed E-state index contributed by atoms with van der Waals surface area (Å²) in [5.41, 5.74) is 1.43. The number of anilines is 1. The molecule has 0 fully saturated rings. The summed E-state index contributed by atoms with van der Waals surface area (Å²) < 4.78 is 5.47. The Morgan fingerprint density at radius 2 is 2.04 bits per heavy atom. The number of rotatable bonds is 5. The molecular formula is C15H15N3O5. The highest BCUT2D eigenvalue weighted by Gasteiger charge is 2.14. The predicted molar refractivity (Wildman–Crippen MR) is 82.6 cm³/mol. The van der Waals surface area contributed by atoms with Crippen LogP contribution in [0.4, 0.5) is 11.5 Å². The lowest BCUT2D eigenvalue weighted by Gasteiger charge is -2.12. The number of hydrogen-bond acceptors (Lipinski definition) is 6. The summed E-state index contributed by atoms with van der Waals surface area (Å²) in [6.07, 6.45) is 0.946.